The fourth-order valence-corrected chi connectivity index (χ4v) is 3.34. The summed E-state index contributed by atoms with van der Waals surface area (Å²) in [6, 6.07) is 20.2. The molecule has 0 aliphatic carbocycles. The first kappa shape index (κ1) is 17.9. The number of hydrogen-bond donors (Lipinski definition) is 1. The third-order valence-electron chi connectivity index (χ3n) is 4.81. The maximum atomic E-state index is 5.61. The number of methoxy groups -OCH3 is 2. The Morgan fingerprint density at radius 1 is 0.964 bits per heavy atom. The molecule has 2 aromatic heterocycles. The molecule has 1 N–H and O–H groups in total. The van der Waals surface area contributed by atoms with Crippen LogP contribution in [-0.4, -0.2) is 23.6 Å². The Balaban J connectivity index is 1.87. The molecular formula is C23H23N3O2. The Hall–Kier alpha value is -3.47. The van der Waals surface area contributed by atoms with Gasteiger partial charge in [-0.15, -0.1) is 0 Å². The fourth-order valence-electron chi connectivity index (χ4n) is 3.34. The van der Waals surface area contributed by atoms with Crippen LogP contribution in [0.4, 0.5) is 5.82 Å². The lowest BCUT2D eigenvalue weighted by Gasteiger charge is -2.12. The number of anilines is 1. The molecule has 0 bridgehead atoms. The topological polar surface area (TPSA) is 47.8 Å². The van der Waals surface area contributed by atoms with E-state index in [-0.39, 0.29) is 0 Å². The van der Waals surface area contributed by atoms with Crippen LogP contribution in [-0.2, 0) is 6.54 Å². The van der Waals surface area contributed by atoms with Crippen molar-refractivity contribution in [1.29, 1.82) is 0 Å². The van der Waals surface area contributed by atoms with E-state index in [2.05, 4.69) is 34.8 Å². The summed E-state index contributed by atoms with van der Waals surface area (Å²) in [4.78, 5) is 4.94. The van der Waals surface area contributed by atoms with E-state index in [9.17, 15) is 0 Å². The minimum atomic E-state index is 0.696. The quantitative estimate of drug-likeness (QED) is 0.520. The number of hydrogen-bond acceptors (Lipinski definition) is 4. The van der Waals surface area contributed by atoms with E-state index in [0.29, 0.717) is 6.54 Å². The second-order valence-electron chi connectivity index (χ2n) is 6.60. The van der Waals surface area contributed by atoms with Gasteiger partial charge in [0.05, 0.1) is 14.2 Å². The van der Waals surface area contributed by atoms with E-state index in [1.807, 2.05) is 48.7 Å². The monoisotopic (exact) mass is 373 g/mol. The highest BCUT2D eigenvalue weighted by Crippen LogP contribution is 2.38. The lowest BCUT2D eigenvalue weighted by molar-refractivity contribution is 0.404. The van der Waals surface area contributed by atoms with Crippen molar-refractivity contribution in [2.24, 2.45) is 0 Å². The number of nitrogens with one attached hydrogen (secondary N) is 1. The summed E-state index contributed by atoms with van der Waals surface area (Å²) >= 11 is 0. The highest BCUT2D eigenvalue weighted by molar-refractivity contribution is 5.81. The first-order valence-corrected chi connectivity index (χ1v) is 9.19. The van der Waals surface area contributed by atoms with Crippen LogP contribution in [0.1, 0.15) is 11.1 Å². The summed E-state index contributed by atoms with van der Waals surface area (Å²) in [5.41, 5.74) is 4.95. The molecule has 0 aliphatic rings. The van der Waals surface area contributed by atoms with E-state index < -0.39 is 0 Å². The molecule has 0 atom stereocenters. The van der Waals surface area contributed by atoms with E-state index >= 15 is 0 Å². The maximum Gasteiger partial charge on any atom is 0.142 e. The van der Waals surface area contributed by atoms with Crippen LogP contribution >= 0.6 is 0 Å². The number of aromatic nitrogens is 2. The number of pyridine rings is 1. The van der Waals surface area contributed by atoms with Gasteiger partial charge in [-0.05, 0) is 42.3 Å². The van der Waals surface area contributed by atoms with E-state index in [1.165, 1.54) is 5.56 Å². The molecule has 4 aromatic rings. The zero-order valence-corrected chi connectivity index (χ0v) is 16.3. The van der Waals surface area contributed by atoms with Gasteiger partial charge in [0, 0.05) is 18.3 Å². The highest BCUT2D eigenvalue weighted by Gasteiger charge is 2.19. The van der Waals surface area contributed by atoms with Crippen molar-refractivity contribution in [2.75, 3.05) is 19.5 Å². The van der Waals surface area contributed by atoms with Crippen LogP contribution in [0.15, 0.2) is 66.9 Å². The Morgan fingerprint density at radius 3 is 2.54 bits per heavy atom. The normalized spacial score (nSPS) is 10.8. The van der Waals surface area contributed by atoms with Crippen molar-refractivity contribution in [1.82, 2.24) is 9.38 Å². The third-order valence-corrected chi connectivity index (χ3v) is 4.81. The average Bonchev–Trinajstić information content (AvgIpc) is 3.12. The van der Waals surface area contributed by atoms with Gasteiger partial charge < -0.3 is 14.8 Å². The van der Waals surface area contributed by atoms with Crippen molar-refractivity contribution in [3.8, 4) is 22.8 Å². The van der Waals surface area contributed by atoms with Crippen molar-refractivity contribution < 1.29 is 9.47 Å². The summed E-state index contributed by atoms with van der Waals surface area (Å²) in [5, 5.41) is 3.57. The summed E-state index contributed by atoms with van der Waals surface area (Å²) in [7, 11) is 3.33. The van der Waals surface area contributed by atoms with Crippen molar-refractivity contribution in [3.63, 3.8) is 0 Å². The molecular weight excluding hydrogens is 350 g/mol. The summed E-state index contributed by atoms with van der Waals surface area (Å²) in [5.74, 6) is 2.44. The van der Waals surface area contributed by atoms with Crippen LogP contribution in [0.3, 0.4) is 0 Å². The molecule has 0 saturated carbocycles. The number of ether oxygens (including phenoxy) is 2. The van der Waals surface area contributed by atoms with Crippen LogP contribution in [0.5, 0.6) is 11.5 Å². The van der Waals surface area contributed by atoms with Gasteiger partial charge in [0.2, 0.25) is 0 Å². The van der Waals surface area contributed by atoms with Crippen LogP contribution < -0.4 is 14.8 Å². The van der Waals surface area contributed by atoms with Gasteiger partial charge >= 0.3 is 0 Å². The van der Waals surface area contributed by atoms with Gasteiger partial charge in [-0.3, -0.25) is 4.40 Å². The molecule has 2 aromatic carbocycles. The Morgan fingerprint density at radius 2 is 1.79 bits per heavy atom. The van der Waals surface area contributed by atoms with E-state index in [4.69, 9.17) is 14.5 Å². The smallest absolute Gasteiger partial charge is 0.142 e. The molecule has 0 radical (unpaired) electrons. The molecule has 0 saturated heterocycles. The van der Waals surface area contributed by atoms with E-state index in [0.717, 1.165) is 39.8 Å². The Bertz CT molecular complexity index is 1100. The zero-order valence-electron chi connectivity index (χ0n) is 16.3. The second kappa shape index (κ2) is 7.64. The van der Waals surface area contributed by atoms with Crippen molar-refractivity contribution >= 4 is 11.5 Å². The Labute approximate surface area is 164 Å². The molecule has 2 heterocycles. The molecule has 5 nitrogen and oxygen atoms in total. The van der Waals surface area contributed by atoms with Crippen LogP contribution in [0.2, 0.25) is 0 Å². The van der Waals surface area contributed by atoms with Gasteiger partial charge in [0.25, 0.3) is 0 Å². The number of benzene rings is 2. The van der Waals surface area contributed by atoms with Gasteiger partial charge in [0.15, 0.2) is 0 Å². The lowest BCUT2D eigenvalue weighted by Crippen LogP contribution is -2.04. The van der Waals surface area contributed by atoms with Crippen molar-refractivity contribution in [3.05, 3.63) is 78.0 Å². The summed E-state index contributed by atoms with van der Waals surface area (Å²) in [6.45, 7) is 2.76. The number of fused-ring (bicyclic) bond motifs is 1. The number of nitrogens with zero attached hydrogens (tertiary/aromatic N) is 2. The minimum absolute atomic E-state index is 0.696. The standard InChI is InChI=1S/C23H23N3O2/c1-16-8-7-13-26-22(16)25-21(19-14-18(27-2)11-12-20(19)28-3)23(26)24-15-17-9-5-4-6-10-17/h4-14,24H,15H2,1-3H3. The molecule has 4 rings (SSSR count). The van der Waals surface area contributed by atoms with E-state index in [1.54, 1.807) is 14.2 Å². The molecule has 0 unspecified atom stereocenters. The zero-order chi connectivity index (χ0) is 19.5. The molecule has 5 heteroatoms. The van der Waals surface area contributed by atoms with Gasteiger partial charge in [-0.2, -0.15) is 0 Å². The molecule has 28 heavy (non-hydrogen) atoms. The van der Waals surface area contributed by atoms with Gasteiger partial charge in [-0.1, -0.05) is 36.4 Å². The number of aryl methyl sites for hydroxylation is 1. The SMILES string of the molecule is COc1ccc(OC)c(-c2nc3c(C)cccn3c2NCc2ccccc2)c1. The molecule has 142 valence electrons. The Kier molecular flexibility index (Phi) is 4.89. The molecule has 0 aliphatic heterocycles. The molecule has 0 amide bonds. The molecule has 0 spiro atoms. The summed E-state index contributed by atoms with van der Waals surface area (Å²) in [6.07, 6.45) is 2.03. The van der Waals surface area contributed by atoms with Gasteiger partial charge in [-0.25, -0.2) is 4.98 Å². The number of rotatable bonds is 6. The number of imidazole rings is 1. The van der Waals surface area contributed by atoms with Crippen molar-refractivity contribution in [2.45, 2.75) is 13.5 Å². The largest absolute Gasteiger partial charge is 0.497 e. The van der Waals surface area contributed by atoms with Crippen LogP contribution in [0, 0.1) is 6.92 Å². The summed E-state index contributed by atoms with van der Waals surface area (Å²) < 4.78 is 13.1. The highest BCUT2D eigenvalue weighted by atomic mass is 16.5. The first-order valence-electron chi connectivity index (χ1n) is 9.19. The predicted octanol–water partition coefficient (Wildman–Crippen LogP) is 4.94. The lowest BCUT2D eigenvalue weighted by atomic mass is 10.1. The predicted molar refractivity (Wildman–Crippen MR) is 112 cm³/mol. The third kappa shape index (κ3) is 3.27. The van der Waals surface area contributed by atoms with Gasteiger partial charge in [0.1, 0.15) is 28.7 Å². The van der Waals surface area contributed by atoms with Crippen LogP contribution in [0.25, 0.3) is 16.9 Å². The molecule has 0 fully saturated rings. The fraction of sp³-hybridized carbons (Fsp3) is 0.174. The average molecular weight is 373 g/mol. The second-order valence-corrected chi connectivity index (χ2v) is 6.60. The maximum absolute atomic E-state index is 5.61. The first-order chi connectivity index (χ1) is 13.7. The minimum Gasteiger partial charge on any atom is -0.497 e.